The van der Waals surface area contributed by atoms with E-state index in [1.165, 1.54) is 7.79 Å². The second-order valence-corrected chi connectivity index (χ2v) is 26.1. The van der Waals surface area contributed by atoms with Gasteiger partial charge in [-0.2, -0.15) is 0 Å². The second kappa shape index (κ2) is 4.84. The lowest BCUT2D eigenvalue weighted by Gasteiger charge is -2.64. The van der Waals surface area contributed by atoms with Gasteiger partial charge in [0.05, 0.1) is 0 Å². The van der Waals surface area contributed by atoms with Gasteiger partial charge in [-0.25, -0.2) is 0 Å². The molecule has 0 aliphatic carbocycles. The van der Waals surface area contributed by atoms with Crippen molar-refractivity contribution in [2.75, 3.05) is 0 Å². The van der Waals surface area contributed by atoms with Crippen LogP contribution in [0.15, 0.2) is 0 Å². The summed E-state index contributed by atoms with van der Waals surface area (Å²) in [5, 5.41) is 0. The Hall–Kier alpha value is 0.684. The van der Waals surface area contributed by atoms with Crippen molar-refractivity contribution in [1.82, 2.24) is 12.4 Å². The van der Waals surface area contributed by atoms with Crippen molar-refractivity contribution >= 4 is 43.0 Å². The molecule has 0 radical (unpaired) electrons. The first-order chi connectivity index (χ1) is 8.44. The average Bonchev–Trinajstić information content (AvgIpc) is 1.85. The number of rotatable bonds is 2. The summed E-state index contributed by atoms with van der Waals surface area (Å²) in [6, 6.07) is 0. The van der Waals surface area contributed by atoms with Crippen LogP contribution in [0.5, 0.6) is 0 Å². The molecule has 0 aromatic rings. The maximum atomic E-state index is 14.3. The summed E-state index contributed by atoms with van der Waals surface area (Å²) in [6.07, 6.45) is 0. The molecule has 3 nitrogen and oxygen atoms in total. The average molecular weight is 380 g/mol. The highest BCUT2D eigenvalue weighted by Crippen LogP contribution is 2.40. The van der Waals surface area contributed by atoms with E-state index < -0.39 is 43.0 Å². The summed E-state index contributed by atoms with van der Waals surface area (Å²) in [5.74, 6) is 0. The van der Waals surface area contributed by atoms with Gasteiger partial charge in [0.15, 0.2) is 25.2 Å². The molecule has 0 atom stereocenters. The molecule has 20 heavy (non-hydrogen) atoms. The summed E-state index contributed by atoms with van der Waals surface area (Å²) in [4.78, 5) is 0. The molecule has 1 saturated heterocycles. The molecular formula is C8H25F4N3Si5. The fourth-order valence-corrected chi connectivity index (χ4v) is 42.3. The second-order valence-electron chi connectivity index (χ2n) is 7.09. The third kappa shape index (κ3) is 3.21. The molecule has 0 unspecified atom stereocenters. The van der Waals surface area contributed by atoms with Crippen LogP contribution in [-0.2, 0) is 0 Å². The Balaban J connectivity index is 3.50. The van der Waals surface area contributed by atoms with Crippen molar-refractivity contribution in [1.29, 1.82) is 0 Å². The number of hydrogen-bond donors (Lipinski definition) is 1. The van der Waals surface area contributed by atoms with Crippen LogP contribution in [0.1, 0.15) is 0 Å². The summed E-state index contributed by atoms with van der Waals surface area (Å²) < 4.78 is 62.9. The maximum absolute atomic E-state index is 14.3. The van der Waals surface area contributed by atoms with E-state index in [0.29, 0.717) is 0 Å². The van der Waals surface area contributed by atoms with Crippen molar-refractivity contribution in [3.63, 3.8) is 0 Å². The van der Waals surface area contributed by atoms with Crippen LogP contribution in [0.2, 0.25) is 52.4 Å². The van der Waals surface area contributed by atoms with E-state index in [4.69, 9.17) is 0 Å². The summed E-state index contributed by atoms with van der Waals surface area (Å²) in [7, 11) is -17.5. The highest BCUT2D eigenvalue weighted by molar-refractivity contribution is 7.14. The zero-order valence-corrected chi connectivity index (χ0v) is 18.4. The van der Waals surface area contributed by atoms with Gasteiger partial charge in [0.1, 0.15) is 0 Å². The minimum absolute atomic E-state index is 0.964. The van der Waals surface area contributed by atoms with Crippen molar-refractivity contribution in [3.8, 4) is 0 Å². The molecule has 0 saturated carbocycles. The van der Waals surface area contributed by atoms with Gasteiger partial charge < -0.3 is 4.65 Å². The molecule has 1 aliphatic heterocycles. The summed E-state index contributed by atoms with van der Waals surface area (Å²) in [5.41, 5.74) is 0. The molecular weight excluding hydrogens is 355 g/mol. The van der Waals surface area contributed by atoms with Crippen LogP contribution in [0, 0.1) is 0 Å². The predicted molar refractivity (Wildman–Crippen MR) is 86.9 cm³/mol. The molecule has 1 N–H and O–H groups in total. The van der Waals surface area contributed by atoms with Crippen LogP contribution in [0.25, 0.3) is 0 Å². The van der Waals surface area contributed by atoms with Crippen LogP contribution >= 0.6 is 0 Å². The lowest BCUT2D eigenvalue weighted by atomic mass is 11.9. The van der Waals surface area contributed by atoms with Crippen LogP contribution in [0.4, 0.5) is 16.4 Å². The van der Waals surface area contributed by atoms with Crippen molar-refractivity contribution in [2.24, 2.45) is 0 Å². The van der Waals surface area contributed by atoms with Gasteiger partial charge in [-0.15, -0.1) is 0 Å². The van der Waals surface area contributed by atoms with Crippen LogP contribution < -0.4 is 4.65 Å². The summed E-state index contributed by atoms with van der Waals surface area (Å²) in [6.45, 7) is 12.6. The zero-order valence-electron chi connectivity index (χ0n) is 13.4. The van der Waals surface area contributed by atoms with E-state index >= 15 is 0 Å². The minimum atomic E-state index is -4.65. The molecule has 1 heterocycles. The highest BCUT2D eigenvalue weighted by atomic mass is 28.6. The number of nitrogens with one attached hydrogen (secondary N) is 1. The molecule has 0 amide bonds. The third-order valence-corrected chi connectivity index (χ3v) is 32.5. The Bertz CT molecular complexity index is 359. The smallest absolute Gasteiger partial charge is 0.337 e. The van der Waals surface area contributed by atoms with Gasteiger partial charge in [0.25, 0.3) is 0 Å². The molecule has 1 aliphatic rings. The van der Waals surface area contributed by atoms with Crippen molar-refractivity contribution in [2.45, 2.75) is 52.4 Å². The standard InChI is InChI=1S/C8H25F4N3Si5/c1-16(2)13-17(3,4)15(20(8,11)12)18(5,6)14(16)19(7,9)10/h13H,1-8H3. The first-order valence-electron chi connectivity index (χ1n) is 6.60. The topological polar surface area (TPSA) is 18.5 Å². The Morgan fingerprint density at radius 3 is 1.15 bits per heavy atom. The van der Waals surface area contributed by atoms with Crippen LogP contribution in [0.3, 0.4) is 0 Å². The van der Waals surface area contributed by atoms with E-state index in [1.54, 1.807) is 13.1 Å². The number of nitrogens with zero attached hydrogens (tertiary/aromatic N) is 2. The quantitative estimate of drug-likeness (QED) is 0.451. The fourth-order valence-electron chi connectivity index (χ4n) is 4.27. The van der Waals surface area contributed by atoms with Crippen molar-refractivity contribution < 1.29 is 16.4 Å². The monoisotopic (exact) mass is 379 g/mol. The van der Waals surface area contributed by atoms with E-state index in [2.05, 4.69) is 4.65 Å². The van der Waals surface area contributed by atoms with E-state index in [0.717, 1.165) is 13.1 Å². The van der Waals surface area contributed by atoms with Gasteiger partial charge in [-0.1, -0.05) is 0 Å². The Kier molecular flexibility index (Phi) is 4.53. The molecule has 0 bridgehead atoms. The largest absolute Gasteiger partial charge is 0.493 e. The fraction of sp³-hybridized carbons (Fsp3) is 1.00. The van der Waals surface area contributed by atoms with Gasteiger partial charge in [0, 0.05) is 13.1 Å². The SMILES string of the molecule is C[Si](F)(F)N1[Si](C)(C)N[Si](C)(C)N([Si](C)(F)F)[Si]1(C)C. The van der Waals surface area contributed by atoms with Gasteiger partial charge >= 0.3 is 17.8 Å². The normalized spacial score (nSPS) is 27.6. The molecule has 0 aromatic heterocycles. The molecule has 1 fully saturated rings. The lowest BCUT2D eigenvalue weighted by Crippen LogP contribution is -2.94. The van der Waals surface area contributed by atoms with Gasteiger partial charge in [0.2, 0.25) is 0 Å². The molecule has 0 spiro atoms. The minimum Gasteiger partial charge on any atom is -0.337 e. The maximum Gasteiger partial charge on any atom is 0.493 e. The van der Waals surface area contributed by atoms with E-state index in [9.17, 15) is 16.4 Å². The Morgan fingerprint density at radius 2 is 0.950 bits per heavy atom. The third-order valence-electron chi connectivity index (χ3n) is 3.61. The summed E-state index contributed by atoms with van der Waals surface area (Å²) >= 11 is 0. The highest BCUT2D eigenvalue weighted by Gasteiger charge is 2.68. The first kappa shape index (κ1) is 18.7. The lowest BCUT2D eigenvalue weighted by molar-refractivity contribution is 0.478. The molecule has 120 valence electrons. The van der Waals surface area contributed by atoms with E-state index in [1.807, 2.05) is 26.2 Å². The first-order valence-corrected chi connectivity index (χ1v) is 19.8. The molecule has 1 rings (SSSR count). The van der Waals surface area contributed by atoms with Gasteiger partial charge in [-0.05, 0) is 39.3 Å². The van der Waals surface area contributed by atoms with Gasteiger partial charge in [-0.3, -0.25) is 24.2 Å². The molecule has 0 aromatic carbocycles. The number of hydrogen-bond acceptors (Lipinski definition) is 3. The van der Waals surface area contributed by atoms with E-state index in [-0.39, 0.29) is 0 Å². The number of halogens is 4. The van der Waals surface area contributed by atoms with Crippen LogP contribution in [-0.4, -0.2) is 50.8 Å². The predicted octanol–water partition coefficient (Wildman–Crippen LogP) is 3.31. The molecule has 12 heteroatoms. The zero-order chi connectivity index (χ0) is 16.4. The van der Waals surface area contributed by atoms with Crippen molar-refractivity contribution in [3.05, 3.63) is 0 Å². The Morgan fingerprint density at radius 1 is 0.700 bits per heavy atom. The Labute approximate surface area is 124 Å².